The quantitative estimate of drug-likeness (QED) is 0.457. The fourth-order valence-corrected chi connectivity index (χ4v) is 9.47. The zero-order valence-corrected chi connectivity index (χ0v) is 18.6. The molecule has 0 aromatic carbocycles. The Bertz CT molecular complexity index is 532. The molecule has 0 heteroatoms. The lowest BCUT2D eigenvalue weighted by atomic mass is 9.45. The van der Waals surface area contributed by atoms with Gasteiger partial charge in [-0.2, -0.15) is 0 Å². The van der Waals surface area contributed by atoms with Gasteiger partial charge >= 0.3 is 0 Å². The summed E-state index contributed by atoms with van der Waals surface area (Å²) in [6, 6.07) is 0. The topological polar surface area (TPSA) is 0 Å². The van der Waals surface area contributed by atoms with Crippen LogP contribution in [0.2, 0.25) is 0 Å². The van der Waals surface area contributed by atoms with Crippen molar-refractivity contribution in [2.24, 2.45) is 52.3 Å². The average Bonchev–Trinajstić information content (AvgIpc) is 3.45. The highest BCUT2D eigenvalue weighted by Crippen LogP contribution is 2.67. The van der Waals surface area contributed by atoms with Crippen molar-refractivity contribution in [1.29, 1.82) is 0 Å². The molecule has 5 saturated carbocycles. The molecule has 0 spiro atoms. The van der Waals surface area contributed by atoms with E-state index in [2.05, 4.69) is 20.8 Å². The maximum absolute atomic E-state index is 2.76. The molecular weight excluding hydrogens is 324 g/mol. The van der Waals surface area contributed by atoms with Gasteiger partial charge in [0, 0.05) is 0 Å². The van der Waals surface area contributed by atoms with E-state index in [0.29, 0.717) is 5.41 Å². The number of hydrogen-bond donors (Lipinski definition) is 0. The third-order valence-electron chi connectivity index (χ3n) is 11.4. The lowest BCUT2D eigenvalue weighted by molar-refractivity contribution is -0.111. The zero-order chi connectivity index (χ0) is 18.6. The van der Waals surface area contributed by atoms with Crippen LogP contribution >= 0.6 is 0 Å². The van der Waals surface area contributed by atoms with Gasteiger partial charge in [-0.1, -0.05) is 46.5 Å². The van der Waals surface area contributed by atoms with Crippen molar-refractivity contribution in [3.63, 3.8) is 0 Å². The van der Waals surface area contributed by atoms with Gasteiger partial charge in [-0.3, -0.25) is 0 Å². The Balaban J connectivity index is 1.25. The summed E-state index contributed by atoms with van der Waals surface area (Å²) in [6.45, 7) is 8.03. The van der Waals surface area contributed by atoms with Crippen molar-refractivity contribution in [3.05, 3.63) is 0 Å². The van der Waals surface area contributed by atoms with Gasteiger partial charge in [-0.05, 0) is 123 Å². The summed E-state index contributed by atoms with van der Waals surface area (Å²) in [4.78, 5) is 0. The number of hydrogen-bond acceptors (Lipinski definition) is 0. The van der Waals surface area contributed by atoms with Gasteiger partial charge in [0.15, 0.2) is 0 Å². The molecule has 0 aromatic heterocycles. The van der Waals surface area contributed by atoms with Crippen LogP contribution in [0.3, 0.4) is 0 Å². The van der Waals surface area contributed by atoms with Crippen molar-refractivity contribution >= 4 is 0 Å². The molecule has 0 radical (unpaired) electrons. The minimum absolute atomic E-state index is 0.710. The Morgan fingerprint density at radius 3 is 2.41 bits per heavy atom. The molecule has 5 fully saturated rings. The summed E-state index contributed by atoms with van der Waals surface area (Å²) in [5.41, 5.74) is 1.43. The Morgan fingerprint density at radius 1 is 0.778 bits per heavy atom. The van der Waals surface area contributed by atoms with Crippen molar-refractivity contribution in [2.45, 2.75) is 117 Å². The lowest BCUT2D eigenvalue weighted by Crippen LogP contribution is -2.52. The van der Waals surface area contributed by atoms with Crippen molar-refractivity contribution in [2.75, 3.05) is 0 Å². The second-order valence-corrected chi connectivity index (χ2v) is 12.5. The average molecular weight is 371 g/mol. The van der Waals surface area contributed by atoms with E-state index in [1.165, 1.54) is 38.5 Å². The second kappa shape index (κ2) is 7.05. The van der Waals surface area contributed by atoms with Crippen LogP contribution in [-0.4, -0.2) is 0 Å². The molecule has 0 amide bonds. The lowest BCUT2D eigenvalue weighted by Gasteiger charge is -2.60. The molecule has 5 rings (SSSR count). The monoisotopic (exact) mass is 370 g/mol. The Kier molecular flexibility index (Phi) is 4.96. The minimum atomic E-state index is 0.710. The first kappa shape index (κ1) is 19.0. The molecule has 27 heavy (non-hydrogen) atoms. The normalized spacial score (nSPS) is 50.6. The Hall–Kier alpha value is 0. The summed E-state index contributed by atoms with van der Waals surface area (Å²) in [6.07, 6.45) is 23.3. The van der Waals surface area contributed by atoms with Gasteiger partial charge in [0.1, 0.15) is 0 Å². The summed E-state index contributed by atoms with van der Waals surface area (Å²) < 4.78 is 0. The van der Waals surface area contributed by atoms with Crippen LogP contribution in [0.5, 0.6) is 0 Å². The van der Waals surface area contributed by atoms with Crippen LogP contribution in [0.15, 0.2) is 0 Å². The van der Waals surface area contributed by atoms with Crippen molar-refractivity contribution in [3.8, 4) is 0 Å². The molecule has 5 aliphatic rings. The van der Waals surface area contributed by atoms with E-state index in [1.807, 2.05) is 0 Å². The zero-order valence-electron chi connectivity index (χ0n) is 18.6. The van der Waals surface area contributed by atoms with Crippen molar-refractivity contribution < 1.29 is 0 Å². The van der Waals surface area contributed by atoms with E-state index in [9.17, 15) is 0 Å². The van der Waals surface area contributed by atoms with Crippen LogP contribution < -0.4 is 0 Å². The molecule has 0 nitrogen and oxygen atoms in total. The predicted octanol–water partition coefficient (Wildman–Crippen LogP) is 8.25. The molecule has 0 saturated heterocycles. The molecule has 5 aliphatic carbocycles. The van der Waals surface area contributed by atoms with Gasteiger partial charge in [-0.15, -0.1) is 0 Å². The van der Waals surface area contributed by atoms with Crippen LogP contribution in [-0.2, 0) is 0 Å². The fraction of sp³-hybridized carbons (Fsp3) is 1.00. The first-order valence-electron chi connectivity index (χ1n) is 13.0. The van der Waals surface area contributed by atoms with Crippen LogP contribution in [0.4, 0.5) is 0 Å². The SMILES string of the molecule is CC(CCCC1CCC2C3CCC4CCCCC4(C)C3CCC12C)C1CC1. The predicted molar refractivity (Wildman–Crippen MR) is 116 cm³/mol. The van der Waals surface area contributed by atoms with E-state index in [4.69, 9.17) is 0 Å². The first-order chi connectivity index (χ1) is 13.0. The summed E-state index contributed by atoms with van der Waals surface area (Å²) in [5, 5.41) is 0. The number of rotatable bonds is 5. The molecule has 0 N–H and O–H groups in total. The standard InChI is InChI=1S/C27H46/c1-19(20-10-11-20)7-6-9-22-13-15-24-23-14-12-21-8-4-5-17-26(21,2)25(23)16-18-27(22,24)3/h19-25H,4-18H2,1-3H3. The smallest absolute Gasteiger partial charge is 0.0266 e. The maximum atomic E-state index is 2.76. The van der Waals surface area contributed by atoms with Gasteiger partial charge in [0.2, 0.25) is 0 Å². The summed E-state index contributed by atoms with van der Waals surface area (Å²) >= 11 is 0. The Morgan fingerprint density at radius 2 is 1.59 bits per heavy atom. The van der Waals surface area contributed by atoms with Gasteiger partial charge < -0.3 is 0 Å². The largest absolute Gasteiger partial charge is 0.0622 e. The molecule has 0 bridgehead atoms. The molecule has 8 atom stereocenters. The van der Waals surface area contributed by atoms with Gasteiger partial charge in [-0.25, -0.2) is 0 Å². The first-order valence-corrected chi connectivity index (χ1v) is 13.0. The maximum Gasteiger partial charge on any atom is -0.0266 e. The van der Waals surface area contributed by atoms with Crippen LogP contribution in [0.25, 0.3) is 0 Å². The third-order valence-corrected chi connectivity index (χ3v) is 11.4. The summed E-state index contributed by atoms with van der Waals surface area (Å²) in [5.74, 6) is 7.54. The molecular formula is C27H46. The van der Waals surface area contributed by atoms with Crippen LogP contribution in [0.1, 0.15) is 117 Å². The highest BCUT2D eigenvalue weighted by molar-refractivity contribution is 5.08. The van der Waals surface area contributed by atoms with E-state index < -0.39 is 0 Å². The molecule has 154 valence electrons. The Labute approximate surface area is 169 Å². The highest BCUT2D eigenvalue weighted by atomic mass is 14.6. The van der Waals surface area contributed by atoms with E-state index in [-0.39, 0.29) is 0 Å². The number of fused-ring (bicyclic) bond motifs is 5. The van der Waals surface area contributed by atoms with Crippen LogP contribution in [0, 0.1) is 52.3 Å². The second-order valence-electron chi connectivity index (χ2n) is 12.5. The van der Waals surface area contributed by atoms with Gasteiger partial charge in [0.25, 0.3) is 0 Å². The molecule has 0 aliphatic heterocycles. The van der Waals surface area contributed by atoms with E-state index in [1.54, 1.807) is 57.8 Å². The minimum Gasteiger partial charge on any atom is -0.0622 e. The van der Waals surface area contributed by atoms with E-state index in [0.717, 1.165) is 46.8 Å². The van der Waals surface area contributed by atoms with Gasteiger partial charge in [0.05, 0.1) is 0 Å². The van der Waals surface area contributed by atoms with E-state index >= 15 is 0 Å². The third kappa shape index (κ3) is 3.15. The highest BCUT2D eigenvalue weighted by Gasteiger charge is 2.59. The molecule has 8 unspecified atom stereocenters. The molecule has 0 heterocycles. The molecule has 0 aromatic rings. The summed E-state index contributed by atoms with van der Waals surface area (Å²) in [7, 11) is 0. The fourth-order valence-electron chi connectivity index (χ4n) is 9.47. The van der Waals surface area contributed by atoms with Crippen molar-refractivity contribution in [1.82, 2.24) is 0 Å².